The molecule has 0 fully saturated rings. The number of hydrogen-bond donors (Lipinski definition) is 1. The van der Waals surface area contributed by atoms with Gasteiger partial charge in [-0.1, -0.05) is 24.3 Å². The summed E-state index contributed by atoms with van der Waals surface area (Å²) in [6.07, 6.45) is 0.181. The highest BCUT2D eigenvalue weighted by atomic mass is 31.2. The van der Waals surface area contributed by atoms with Gasteiger partial charge in [-0.15, -0.1) is 0 Å². The molecule has 0 bridgehead atoms. The number of rotatable bonds is 7. The van der Waals surface area contributed by atoms with Gasteiger partial charge in [0, 0.05) is 0 Å². The molecule has 1 aromatic carbocycles. The minimum Gasteiger partial charge on any atom is -0.312 e. The van der Waals surface area contributed by atoms with E-state index in [0.29, 0.717) is 18.8 Å². The first-order valence-corrected chi connectivity index (χ1v) is 7.89. The van der Waals surface area contributed by atoms with Crippen LogP contribution >= 0.6 is 7.60 Å². The van der Waals surface area contributed by atoms with Crippen LogP contribution in [0.25, 0.3) is 0 Å². The van der Waals surface area contributed by atoms with Crippen LogP contribution in [0.15, 0.2) is 24.3 Å². The SMILES string of the molecule is CCOP(=O)(Cc1cccc([C@H](N)C#N)c1)OCC. The van der Waals surface area contributed by atoms with E-state index in [-0.39, 0.29) is 6.16 Å². The molecule has 1 atom stereocenters. The Morgan fingerprint density at radius 1 is 1.37 bits per heavy atom. The summed E-state index contributed by atoms with van der Waals surface area (Å²) in [5.74, 6) is 0. The highest BCUT2D eigenvalue weighted by Crippen LogP contribution is 2.51. The Labute approximate surface area is 113 Å². The molecule has 2 N–H and O–H groups in total. The zero-order valence-corrected chi connectivity index (χ0v) is 12.1. The molecule has 5 nitrogen and oxygen atoms in total. The number of benzene rings is 1. The quantitative estimate of drug-likeness (QED) is 0.777. The van der Waals surface area contributed by atoms with Gasteiger partial charge < -0.3 is 14.8 Å². The fraction of sp³-hybridized carbons (Fsp3) is 0.462. The lowest BCUT2D eigenvalue weighted by Gasteiger charge is -2.17. The van der Waals surface area contributed by atoms with Crippen molar-refractivity contribution in [3.8, 4) is 6.07 Å². The molecule has 0 aliphatic carbocycles. The fourth-order valence-corrected chi connectivity index (χ4v) is 3.39. The van der Waals surface area contributed by atoms with Gasteiger partial charge in [-0.3, -0.25) is 4.57 Å². The molecule has 1 rings (SSSR count). The van der Waals surface area contributed by atoms with Gasteiger partial charge in [0.25, 0.3) is 0 Å². The first-order chi connectivity index (χ1) is 9.04. The maximum atomic E-state index is 12.4. The monoisotopic (exact) mass is 282 g/mol. The molecule has 1 aromatic rings. The molecule has 0 aliphatic heterocycles. The van der Waals surface area contributed by atoms with Crippen molar-refractivity contribution < 1.29 is 13.6 Å². The first-order valence-electron chi connectivity index (χ1n) is 6.16. The summed E-state index contributed by atoms with van der Waals surface area (Å²) in [4.78, 5) is 0. The molecule has 0 heterocycles. The topological polar surface area (TPSA) is 85.3 Å². The van der Waals surface area contributed by atoms with Gasteiger partial charge in [0.05, 0.1) is 25.4 Å². The Morgan fingerprint density at radius 3 is 2.53 bits per heavy atom. The Hall–Kier alpha value is -1.18. The van der Waals surface area contributed by atoms with Crippen molar-refractivity contribution in [1.29, 1.82) is 5.26 Å². The lowest BCUT2D eigenvalue weighted by molar-refractivity contribution is 0.219. The van der Waals surface area contributed by atoms with Gasteiger partial charge in [0.1, 0.15) is 6.04 Å². The molecule has 0 aliphatic rings. The summed E-state index contributed by atoms with van der Waals surface area (Å²) >= 11 is 0. The van der Waals surface area contributed by atoms with E-state index >= 15 is 0 Å². The van der Waals surface area contributed by atoms with E-state index in [9.17, 15) is 4.57 Å². The van der Waals surface area contributed by atoms with Crippen molar-refractivity contribution in [2.24, 2.45) is 5.73 Å². The number of nitriles is 1. The zero-order chi connectivity index (χ0) is 14.3. The molecule has 0 aromatic heterocycles. The van der Waals surface area contributed by atoms with Crippen LogP contribution in [0.2, 0.25) is 0 Å². The predicted molar refractivity (Wildman–Crippen MR) is 73.5 cm³/mol. The van der Waals surface area contributed by atoms with Crippen molar-refractivity contribution in [3.05, 3.63) is 35.4 Å². The first kappa shape index (κ1) is 15.9. The van der Waals surface area contributed by atoms with Crippen molar-refractivity contribution in [1.82, 2.24) is 0 Å². The molecule has 104 valence electrons. The smallest absolute Gasteiger partial charge is 0.312 e. The predicted octanol–water partition coefficient (Wildman–Crippen LogP) is 2.98. The van der Waals surface area contributed by atoms with E-state index in [0.717, 1.165) is 5.56 Å². The highest BCUT2D eigenvalue weighted by Gasteiger charge is 2.24. The molecule has 0 saturated carbocycles. The van der Waals surface area contributed by atoms with E-state index in [1.54, 1.807) is 32.0 Å². The van der Waals surface area contributed by atoms with Gasteiger partial charge in [0.15, 0.2) is 0 Å². The van der Waals surface area contributed by atoms with Crippen molar-refractivity contribution in [3.63, 3.8) is 0 Å². The summed E-state index contributed by atoms with van der Waals surface area (Å²) in [7, 11) is -3.12. The Morgan fingerprint density at radius 2 is 2.00 bits per heavy atom. The Bertz CT molecular complexity index is 489. The lowest BCUT2D eigenvalue weighted by Crippen LogP contribution is -2.07. The second kappa shape index (κ2) is 7.42. The van der Waals surface area contributed by atoms with Crippen LogP contribution in [0.5, 0.6) is 0 Å². The molecule has 0 saturated heterocycles. The minimum absolute atomic E-state index is 0.181. The molecule has 0 unspecified atom stereocenters. The normalized spacial score (nSPS) is 12.9. The van der Waals surface area contributed by atoms with Crippen LogP contribution in [0.4, 0.5) is 0 Å². The summed E-state index contributed by atoms with van der Waals surface area (Å²) < 4.78 is 22.9. The largest absolute Gasteiger partial charge is 0.335 e. The van der Waals surface area contributed by atoms with Gasteiger partial charge in [-0.25, -0.2) is 0 Å². The van der Waals surface area contributed by atoms with Gasteiger partial charge >= 0.3 is 7.60 Å². The second-order valence-corrected chi connectivity index (χ2v) is 6.01. The van der Waals surface area contributed by atoms with E-state index in [2.05, 4.69) is 0 Å². The molecule has 19 heavy (non-hydrogen) atoms. The fourth-order valence-electron chi connectivity index (χ4n) is 1.71. The number of nitrogens with zero attached hydrogens (tertiary/aromatic N) is 1. The van der Waals surface area contributed by atoms with Crippen LogP contribution in [0.1, 0.15) is 31.0 Å². The van der Waals surface area contributed by atoms with Crippen molar-refractivity contribution in [2.75, 3.05) is 13.2 Å². The van der Waals surface area contributed by atoms with Crippen LogP contribution in [0, 0.1) is 11.3 Å². The maximum Gasteiger partial charge on any atom is 0.335 e. The maximum absolute atomic E-state index is 12.4. The van der Waals surface area contributed by atoms with Gasteiger partial charge in [0.2, 0.25) is 0 Å². The molecule has 0 radical (unpaired) electrons. The molecule has 0 spiro atoms. The second-order valence-electron chi connectivity index (χ2n) is 3.96. The molecule has 0 amide bonds. The lowest BCUT2D eigenvalue weighted by atomic mass is 10.1. The van der Waals surface area contributed by atoms with Crippen molar-refractivity contribution >= 4 is 7.60 Å². The van der Waals surface area contributed by atoms with E-state index in [1.807, 2.05) is 12.1 Å². The zero-order valence-electron chi connectivity index (χ0n) is 11.2. The summed E-state index contributed by atoms with van der Waals surface area (Å²) in [5, 5.41) is 8.80. The van der Waals surface area contributed by atoms with Crippen LogP contribution in [0.3, 0.4) is 0 Å². The Balaban J connectivity index is 2.91. The van der Waals surface area contributed by atoms with Crippen molar-refractivity contribution in [2.45, 2.75) is 26.1 Å². The van der Waals surface area contributed by atoms with Crippen LogP contribution in [-0.4, -0.2) is 13.2 Å². The third-order valence-corrected chi connectivity index (χ3v) is 4.53. The third-order valence-electron chi connectivity index (χ3n) is 2.48. The van der Waals surface area contributed by atoms with E-state index in [4.69, 9.17) is 20.0 Å². The minimum atomic E-state index is -3.12. The average Bonchev–Trinajstić information content (AvgIpc) is 2.38. The molecular formula is C13H19N2O3P. The molecule has 6 heteroatoms. The van der Waals surface area contributed by atoms with Gasteiger partial charge in [-0.05, 0) is 25.0 Å². The summed E-state index contributed by atoms with van der Waals surface area (Å²) in [6.45, 7) is 4.20. The summed E-state index contributed by atoms with van der Waals surface area (Å²) in [6, 6.07) is 8.42. The highest BCUT2D eigenvalue weighted by molar-refractivity contribution is 7.53. The third kappa shape index (κ3) is 4.77. The summed E-state index contributed by atoms with van der Waals surface area (Å²) in [5.41, 5.74) is 7.13. The van der Waals surface area contributed by atoms with E-state index < -0.39 is 13.6 Å². The van der Waals surface area contributed by atoms with E-state index in [1.165, 1.54) is 0 Å². The standard InChI is InChI=1S/C13H19N2O3P/c1-3-17-19(16,18-4-2)10-11-6-5-7-12(8-11)13(15)9-14/h5-8,13H,3-4,10,15H2,1-2H3/t13-/m1/s1. The number of hydrogen-bond acceptors (Lipinski definition) is 5. The van der Waals surface area contributed by atoms with Gasteiger partial charge in [-0.2, -0.15) is 5.26 Å². The Kier molecular flexibility index (Phi) is 6.20. The van der Waals surface area contributed by atoms with Crippen LogP contribution in [-0.2, 0) is 19.8 Å². The van der Waals surface area contributed by atoms with Crippen LogP contribution < -0.4 is 5.73 Å². The molecular weight excluding hydrogens is 263 g/mol. The average molecular weight is 282 g/mol. The number of nitrogens with two attached hydrogens (primary N) is 1.